The number of nitrogens with zero attached hydrogens (tertiary/aromatic N) is 6. The maximum Gasteiger partial charge on any atom is 0.229 e. The van der Waals surface area contributed by atoms with Gasteiger partial charge in [-0.2, -0.15) is 9.97 Å². The van der Waals surface area contributed by atoms with Crippen LogP contribution in [0.15, 0.2) is 67.0 Å². The fourth-order valence-electron chi connectivity index (χ4n) is 4.23. The number of aromatic nitrogens is 4. The molecule has 0 saturated carbocycles. The molecule has 0 spiro atoms. The maximum absolute atomic E-state index is 4.93. The van der Waals surface area contributed by atoms with Gasteiger partial charge in [-0.25, -0.2) is 9.97 Å². The van der Waals surface area contributed by atoms with Gasteiger partial charge in [0, 0.05) is 62.6 Å². The Balaban J connectivity index is 1.36. The van der Waals surface area contributed by atoms with E-state index in [1.807, 2.05) is 50.5 Å². The second-order valence-corrected chi connectivity index (χ2v) is 8.75. The van der Waals surface area contributed by atoms with E-state index in [0.29, 0.717) is 5.95 Å². The van der Waals surface area contributed by atoms with Crippen LogP contribution < -0.4 is 25.8 Å². The summed E-state index contributed by atoms with van der Waals surface area (Å²) < 4.78 is 0. The van der Waals surface area contributed by atoms with Crippen LogP contribution in [-0.2, 0) is 0 Å². The van der Waals surface area contributed by atoms with Gasteiger partial charge in [-0.3, -0.25) is 0 Å². The summed E-state index contributed by atoms with van der Waals surface area (Å²) in [6.07, 6.45) is 3.62. The van der Waals surface area contributed by atoms with E-state index >= 15 is 0 Å². The first kappa shape index (κ1) is 23.3. The second-order valence-electron chi connectivity index (χ2n) is 8.75. The van der Waals surface area contributed by atoms with Crippen LogP contribution in [0.4, 0.5) is 40.6 Å². The summed E-state index contributed by atoms with van der Waals surface area (Å²) in [7, 11) is 1.89. The van der Waals surface area contributed by atoms with Crippen molar-refractivity contribution in [3.05, 3.63) is 78.1 Å². The van der Waals surface area contributed by atoms with E-state index in [1.54, 1.807) is 6.20 Å². The first-order valence-electron chi connectivity index (χ1n) is 12.1. The van der Waals surface area contributed by atoms with Gasteiger partial charge in [-0.1, -0.05) is 18.2 Å². The van der Waals surface area contributed by atoms with Crippen LogP contribution in [0.1, 0.15) is 11.1 Å². The Labute approximate surface area is 211 Å². The molecular weight excluding hydrogens is 450 g/mol. The Bertz CT molecular complexity index is 1300. The van der Waals surface area contributed by atoms with Gasteiger partial charge in [0.1, 0.15) is 23.3 Å². The van der Waals surface area contributed by atoms with E-state index < -0.39 is 0 Å². The molecule has 0 unspecified atom stereocenters. The number of aryl methyl sites for hydroxylation is 1. The molecule has 36 heavy (non-hydrogen) atoms. The maximum atomic E-state index is 4.93. The predicted octanol–water partition coefficient (Wildman–Crippen LogP) is 4.74. The molecule has 4 heterocycles. The molecule has 1 aliphatic rings. The third-order valence-corrected chi connectivity index (χ3v) is 6.33. The van der Waals surface area contributed by atoms with Gasteiger partial charge in [-0.15, -0.1) is 0 Å². The summed E-state index contributed by atoms with van der Waals surface area (Å²) in [6, 6.07) is 18.1. The highest BCUT2D eigenvalue weighted by Gasteiger charge is 2.22. The van der Waals surface area contributed by atoms with Gasteiger partial charge in [0.05, 0.1) is 0 Å². The zero-order chi connectivity index (χ0) is 24.9. The largest absolute Gasteiger partial charge is 0.373 e. The summed E-state index contributed by atoms with van der Waals surface area (Å²) >= 11 is 0. The molecule has 0 bridgehead atoms. The van der Waals surface area contributed by atoms with Crippen molar-refractivity contribution in [1.29, 1.82) is 0 Å². The number of rotatable bonds is 7. The lowest BCUT2D eigenvalue weighted by molar-refractivity contribution is 0.635. The number of nitrogens with one attached hydrogen (secondary N) is 3. The van der Waals surface area contributed by atoms with Crippen molar-refractivity contribution in [2.75, 3.05) is 59.0 Å². The molecule has 1 aliphatic heterocycles. The molecule has 9 heteroatoms. The standard InChI is InChI=1S/C27H31N9/c1-19-10-11-21(18-22(19)32-23-8-4-6-12-29-23)31-26-20(2)25(28-3)33-27(34-26)36-16-14-35(15-17-36)24-9-5-7-13-30-24/h4-13,18H,14-17H2,1-3H3,(H,29,32)(H2,28,31,33,34). The first-order valence-corrected chi connectivity index (χ1v) is 12.1. The Hall–Kier alpha value is -4.40. The molecule has 3 aromatic heterocycles. The van der Waals surface area contributed by atoms with E-state index in [2.05, 4.69) is 66.9 Å². The van der Waals surface area contributed by atoms with Crippen LogP contribution in [0, 0.1) is 13.8 Å². The molecule has 0 amide bonds. The van der Waals surface area contributed by atoms with Crippen LogP contribution in [0.5, 0.6) is 0 Å². The van der Waals surface area contributed by atoms with Gasteiger partial charge in [0.2, 0.25) is 5.95 Å². The highest BCUT2D eigenvalue weighted by molar-refractivity contribution is 5.72. The molecule has 0 aliphatic carbocycles. The molecule has 0 radical (unpaired) electrons. The average molecular weight is 482 g/mol. The minimum atomic E-state index is 0.715. The molecule has 3 N–H and O–H groups in total. The van der Waals surface area contributed by atoms with E-state index in [0.717, 1.165) is 72.0 Å². The van der Waals surface area contributed by atoms with Gasteiger partial charge >= 0.3 is 0 Å². The van der Waals surface area contributed by atoms with Crippen LogP contribution in [0.25, 0.3) is 0 Å². The Morgan fingerprint density at radius 3 is 2.17 bits per heavy atom. The van der Waals surface area contributed by atoms with Gasteiger partial charge < -0.3 is 25.8 Å². The molecule has 1 fully saturated rings. The second kappa shape index (κ2) is 10.5. The van der Waals surface area contributed by atoms with Gasteiger partial charge in [0.15, 0.2) is 0 Å². The lowest BCUT2D eigenvalue weighted by atomic mass is 10.1. The predicted molar refractivity (Wildman–Crippen MR) is 147 cm³/mol. The smallest absolute Gasteiger partial charge is 0.229 e. The summed E-state index contributed by atoms with van der Waals surface area (Å²) in [5.74, 6) is 4.13. The number of hydrogen-bond donors (Lipinski definition) is 3. The first-order chi connectivity index (χ1) is 17.6. The molecule has 4 aromatic rings. The van der Waals surface area contributed by atoms with E-state index in [1.165, 1.54) is 0 Å². The monoisotopic (exact) mass is 481 g/mol. The fourth-order valence-corrected chi connectivity index (χ4v) is 4.23. The van der Waals surface area contributed by atoms with E-state index in [9.17, 15) is 0 Å². The summed E-state index contributed by atoms with van der Waals surface area (Å²) in [5.41, 5.74) is 4.03. The van der Waals surface area contributed by atoms with Crippen LogP contribution in [-0.4, -0.2) is 53.2 Å². The Kier molecular flexibility index (Phi) is 6.79. The Morgan fingerprint density at radius 2 is 1.47 bits per heavy atom. The van der Waals surface area contributed by atoms with Crippen LogP contribution in [0.2, 0.25) is 0 Å². The topological polar surface area (TPSA) is 94.1 Å². The molecule has 5 rings (SSSR count). The molecule has 184 valence electrons. The third kappa shape index (κ3) is 5.14. The number of piperazine rings is 1. The quantitative estimate of drug-likeness (QED) is 0.346. The zero-order valence-electron chi connectivity index (χ0n) is 20.9. The lowest BCUT2D eigenvalue weighted by Crippen LogP contribution is -2.47. The highest BCUT2D eigenvalue weighted by atomic mass is 15.3. The van der Waals surface area contributed by atoms with Crippen molar-refractivity contribution in [2.45, 2.75) is 13.8 Å². The SMILES string of the molecule is CNc1nc(N2CCN(c3ccccn3)CC2)nc(Nc2ccc(C)c(Nc3ccccn3)c2)c1C. The number of hydrogen-bond acceptors (Lipinski definition) is 9. The van der Waals surface area contributed by atoms with Crippen molar-refractivity contribution in [3.8, 4) is 0 Å². The van der Waals surface area contributed by atoms with E-state index in [-0.39, 0.29) is 0 Å². The average Bonchev–Trinajstić information content (AvgIpc) is 2.93. The van der Waals surface area contributed by atoms with Gasteiger partial charge in [0.25, 0.3) is 0 Å². The summed E-state index contributed by atoms with van der Waals surface area (Å²) in [6.45, 7) is 7.49. The third-order valence-electron chi connectivity index (χ3n) is 6.33. The van der Waals surface area contributed by atoms with Crippen molar-refractivity contribution in [2.24, 2.45) is 0 Å². The summed E-state index contributed by atoms with van der Waals surface area (Å²) in [5, 5.41) is 10.1. The Morgan fingerprint density at radius 1 is 0.750 bits per heavy atom. The van der Waals surface area contributed by atoms with Crippen molar-refractivity contribution in [3.63, 3.8) is 0 Å². The molecule has 9 nitrogen and oxygen atoms in total. The fraction of sp³-hybridized carbons (Fsp3) is 0.259. The van der Waals surface area contributed by atoms with Gasteiger partial charge in [-0.05, 0) is 55.8 Å². The van der Waals surface area contributed by atoms with Crippen LogP contribution >= 0.6 is 0 Å². The van der Waals surface area contributed by atoms with Crippen molar-refractivity contribution < 1.29 is 0 Å². The molecule has 1 saturated heterocycles. The van der Waals surface area contributed by atoms with Crippen LogP contribution in [0.3, 0.4) is 0 Å². The molecule has 0 atom stereocenters. The zero-order valence-corrected chi connectivity index (χ0v) is 20.9. The number of benzene rings is 1. The highest BCUT2D eigenvalue weighted by Crippen LogP contribution is 2.30. The number of anilines is 7. The van der Waals surface area contributed by atoms with Crippen molar-refractivity contribution >= 4 is 40.6 Å². The van der Waals surface area contributed by atoms with E-state index in [4.69, 9.17) is 9.97 Å². The minimum absolute atomic E-state index is 0.715. The minimum Gasteiger partial charge on any atom is -0.373 e. The molecule has 1 aromatic carbocycles. The molecular formula is C27H31N9. The normalized spacial score (nSPS) is 13.4. The van der Waals surface area contributed by atoms with Crippen molar-refractivity contribution in [1.82, 2.24) is 19.9 Å². The number of pyridine rings is 2. The lowest BCUT2D eigenvalue weighted by Gasteiger charge is -2.35. The summed E-state index contributed by atoms with van der Waals surface area (Å²) in [4.78, 5) is 23.1.